The van der Waals surface area contributed by atoms with Crippen molar-refractivity contribution in [1.29, 1.82) is 0 Å². The van der Waals surface area contributed by atoms with E-state index in [4.69, 9.17) is 18.9 Å². The molecule has 14 nitrogen and oxygen atoms in total. The van der Waals surface area contributed by atoms with Gasteiger partial charge in [0.05, 0.1) is 32.0 Å². The molecule has 0 aromatic heterocycles. The van der Waals surface area contributed by atoms with Crippen LogP contribution in [0.4, 0.5) is 0 Å². The molecule has 1 amide bonds. The Hall–Kier alpha value is -2.57. The van der Waals surface area contributed by atoms with Crippen molar-refractivity contribution in [2.45, 2.75) is 267 Å². The van der Waals surface area contributed by atoms with Gasteiger partial charge in [-0.25, -0.2) is 0 Å². The van der Waals surface area contributed by atoms with Gasteiger partial charge in [0, 0.05) is 6.42 Å². The molecule has 14 heteroatoms. The summed E-state index contributed by atoms with van der Waals surface area (Å²) in [6.07, 6.45) is 40.9. The van der Waals surface area contributed by atoms with Crippen LogP contribution in [0.15, 0.2) is 72.9 Å². The molecule has 0 spiro atoms. The first-order chi connectivity index (χ1) is 35.1. The number of unbranched alkanes of at least 4 members (excludes halogenated alkanes) is 20. The predicted molar refractivity (Wildman–Crippen MR) is 286 cm³/mol. The normalized spacial score (nSPS) is 26.1. The zero-order valence-electron chi connectivity index (χ0n) is 44.4. The van der Waals surface area contributed by atoms with Crippen LogP contribution < -0.4 is 5.32 Å². The summed E-state index contributed by atoms with van der Waals surface area (Å²) in [5, 5.41) is 85.9. The van der Waals surface area contributed by atoms with Crippen molar-refractivity contribution in [2.24, 2.45) is 0 Å². The molecule has 12 unspecified atom stereocenters. The van der Waals surface area contributed by atoms with E-state index in [1.165, 1.54) is 103 Å². The number of hydrogen-bond donors (Lipinski definition) is 9. The summed E-state index contributed by atoms with van der Waals surface area (Å²) in [6.45, 7) is 2.44. The molecule has 0 radical (unpaired) electrons. The Morgan fingerprint density at radius 1 is 0.514 bits per heavy atom. The van der Waals surface area contributed by atoms with Crippen molar-refractivity contribution < 1.29 is 64.6 Å². The Balaban J connectivity index is 1.49. The molecule has 2 aliphatic heterocycles. The second-order valence-corrected chi connectivity index (χ2v) is 19.7. The monoisotopic (exact) mass is 1020 g/mol. The molecule has 0 aromatic carbocycles. The van der Waals surface area contributed by atoms with E-state index >= 15 is 0 Å². The van der Waals surface area contributed by atoms with E-state index in [0.29, 0.717) is 6.42 Å². The van der Waals surface area contributed by atoms with Crippen LogP contribution in [-0.4, -0.2) is 140 Å². The molecule has 12 atom stereocenters. The van der Waals surface area contributed by atoms with Crippen molar-refractivity contribution in [3.05, 3.63) is 72.9 Å². The van der Waals surface area contributed by atoms with Gasteiger partial charge >= 0.3 is 0 Å². The van der Waals surface area contributed by atoms with Gasteiger partial charge in [-0.2, -0.15) is 0 Å². The first-order valence-electron chi connectivity index (χ1n) is 28.2. The fourth-order valence-corrected chi connectivity index (χ4v) is 8.85. The van der Waals surface area contributed by atoms with Crippen LogP contribution in [0.3, 0.4) is 0 Å². The van der Waals surface area contributed by atoms with Crippen LogP contribution in [0, 0.1) is 0 Å². The van der Waals surface area contributed by atoms with Crippen molar-refractivity contribution in [3.8, 4) is 0 Å². The van der Waals surface area contributed by atoms with Gasteiger partial charge in [-0.3, -0.25) is 4.79 Å². The summed E-state index contributed by atoms with van der Waals surface area (Å²) in [7, 11) is 0. The van der Waals surface area contributed by atoms with Crippen LogP contribution in [-0.2, 0) is 23.7 Å². The number of hydrogen-bond acceptors (Lipinski definition) is 13. The molecular weight excluding hydrogens is 919 g/mol. The number of rotatable bonds is 43. The quantitative estimate of drug-likeness (QED) is 0.0206. The van der Waals surface area contributed by atoms with Crippen LogP contribution in [0.2, 0.25) is 0 Å². The van der Waals surface area contributed by atoms with Crippen molar-refractivity contribution in [3.63, 3.8) is 0 Å². The zero-order valence-corrected chi connectivity index (χ0v) is 44.4. The molecule has 9 N–H and O–H groups in total. The van der Waals surface area contributed by atoms with E-state index in [9.17, 15) is 45.6 Å². The van der Waals surface area contributed by atoms with Crippen LogP contribution in [0.25, 0.3) is 0 Å². The maximum atomic E-state index is 13.0. The number of amides is 1. The average Bonchev–Trinajstić information content (AvgIpc) is 3.38. The van der Waals surface area contributed by atoms with E-state index in [0.717, 1.165) is 64.2 Å². The molecule has 0 bridgehead atoms. The van der Waals surface area contributed by atoms with E-state index in [1.807, 2.05) is 13.0 Å². The third-order valence-electron chi connectivity index (χ3n) is 13.4. The Morgan fingerprint density at radius 2 is 0.958 bits per heavy atom. The highest BCUT2D eigenvalue weighted by Gasteiger charge is 2.51. The molecule has 0 aromatic rings. The molecule has 2 saturated heterocycles. The highest BCUT2D eigenvalue weighted by molar-refractivity contribution is 5.76. The lowest BCUT2D eigenvalue weighted by Gasteiger charge is -2.46. The van der Waals surface area contributed by atoms with Crippen LogP contribution >= 0.6 is 0 Å². The molecule has 2 aliphatic rings. The van der Waals surface area contributed by atoms with Gasteiger partial charge in [0.1, 0.15) is 48.8 Å². The first-order valence-corrected chi connectivity index (χ1v) is 28.2. The fourth-order valence-electron chi connectivity index (χ4n) is 8.85. The minimum Gasteiger partial charge on any atom is -0.394 e. The molecule has 0 saturated carbocycles. The van der Waals surface area contributed by atoms with Gasteiger partial charge in [-0.1, -0.05) is 202 Å². The maximum Gasteiger partial charge on any atom is 0.220 e. The second-order valence-electron chi connectivity index (χ2n) is 19.7. The molecule has 72 heavy (non-hydrogen) atoms. The van der Waals surface area contributed by atoms with Gasteiger partial charge in [-0.15, -0.1) is 0 Å². The highest BCUT2D eigenvalue weighted by Crippen LogP contribution is 2.30. The van der Waals surface area contributed by atoms with Gasteiger partial charge < -0.3 is 65.1 Å². The molecule has 2 heterocycles. The lowest BCUT2D eigenvalue weighted by Crippen LogP contribution is -2.65. The smallest absolute Gasteiger partial charge is 0.220 e. The molecule has 2 fully saturated rings. The Morgan fingerprint density at radius 3 is 1.44 bits per heavy atom. The Kier molecular flexibility index (Phi) is 39.7. The van der Waals surface area contributed by atoms with E-state index < -0.39 is 86.8 Å². The molecule has 2 rings (SSSR count). The Bertz CT molecular complexity index is 1480. The first kappa shape index (κ1) is 65.5. The van der Waals surface area contributed by atoms with Crippen molar-refractivity contribution >= 4 is 5.91 Å². The van der Waals surface area contributed by atoms with Gasteiger partial charge in [0.2, 0.25) is 5.91 Å². The highest BCUT2D eigenvalue weighted by atomic mass is 16.7. The number of nitrogens with one attached hydrogen (secondary N) is 1. The lowest BCUT2D eigenvalue weighted by molar-refractivity contribution is -0.359. The lowest BCUT2D eigenvalue weighted by atomic mass is 9.97. The number of ether oxygens (including phenoxy) is 4. The largest absolute Gasteiger partial charge is 0.394 e. The number of allylic oxidation sites excluding steroid dienone is 11. The summed E-state index contributed by atoms with van der Waals surface area (Å²) < 4.78 is 22.5. The third kappa shape index (κ3) is 29.5. The summed E-state index contributed by atoms with van der Waals surface area (Å²) in [5.74, 6) is -0.252. The average molecular weight is 1020 g/mol. The molecule has 416 valence electrons. The van der Waals surface area contributed by atoms with Gasteiger partial charge in [0.25, 0.3) is 0 Å². The third-order valence-corrected chi connectivity index (χ3v) is 13.4. The van der Waals surface area contributed by atoms with Gasteiger partial charge in [0.15, 0.2) is 12.6 Å². The molecule has 0 aliphatic carbocycles. The Labute approximate surface area is 434 Å². The minimum absolute atomic E-state index is 0.252. The number of carbonyl (C=O) groups excluding carboxylic acids is 1. The summed E-state index contributed by atoms with van der Waals surface area (Å²) >= 11 is 0. The summed E-state index contributed by atoms with van der Waals surface area (Å²) in [5.41, 5.74) is 0. The van der Waals surface area contributed by atoms with Crippen LogP contribution in [0.1, 0.15) is 194 Å². The number of carbonyl (C=O) groups is 1. The van der Waals surface area contributed by atoms with Crippen LogP contribution in [0.5, 0.6) is 0 Å². The summed E-state index contributed by atoms with van der Waals surface area (Å²) in [4.78, 5) is 13.0. The second kappa shape index (κ2) is 43.6. The fraction of sp³-hybridized carbons (Fsp3) is 0.776. The maximum absolute atomic E-state index is 13.0. The van der Waals surface area contributed by atoms with E-state index in [-0.39, 0.29) is 18.9 Å². The molecular formula is C58H101NO13. The van der Waals surface area contributed by atoms with Crippen molar-refractivity contribution in [1.82, 2.24) is 5.32 Å². The van der Waals surface area contributed by atoms with Crippen molar-refractivity contribution in [2.75, 3.05) is 19.8 Å². The predicted octanol–water partition coefficient (Wildman–Crippen LogP) is 8.77. The number of aliphatic hydroxyl groups excluding tert-OH is 8. The standard InChI is InChI=1S/C58H101NO13/c1-3-5-7-8-9-10-11-12-13-14-15-16-17-18-19-20-21-22-23-24-25-26-27-28-29-30-31-32-33-34-35-36-37-38-40-42-50(63)59-46(47(62)41-39-6-4-2)45-69-57-55(68)53(66)56(49(44-61)71-57)72-58-54(67)52(65)51(64)48(43-60)70-58/h5,7,9-10,12-13,15-16,18-19,39,41,46-49,51-58,60-62,64-68H,3-4,6,8,11,14,17,20-38,40,42-45H2,1-2H3,(H,59,63)/b7-5-,10-9-,13-12-,16-15-,19-18-,41-39+. The topological polar surface area (TPSA) is 228 Å². The summed E-state index contributed by atoms with van der Waals surface area (Å²) in [6, 6.07) is -0.911. The SMILES string of the molecule is CC/C=C\C/C=C\C/C=C\C/C=C\C/C=C\CCCCCCCCCCCCCCCCCCCCCC(=O)NC(COC1OC(CO)C(OC2OC(CO)C(O)C(O)C2O)C(O)C1O)C(O)/C=C/CCC. The zero-order chi connectivity index (χ0) is 52.4. The van der Waals surface area contributed by atoms with E-state index in [2.05, 4.69) is 73.0 Å². The van der Waals surface area contributed by atoms with E-state index in [1.54, 1.807) is 6.08 Å². The minimum atomic E-state index is -1.79. The van der Waals surface area contributed by atoms with Gasteiger partial charge in [-0.05, 0) is 57.8 Å². The number of aliphatic hydroxyl groups is 8.